The molecule has 1 amide bonds. The van der Waals surface area contributed by atoms with Crippen LogP contribution in [0.3, 0.4) is 0 Å². The average molecular weight is 493 g/mol. The highest BCUT2D eigenvalue weighted by molar-refractivity contribution is 6.10. The number of hydrogen-bond acceptors (Lipinski definition) is 3. The maximum atomic E-state index is 13.4. The highest BCUT2D eigenvalue weighted by Crippen LogP contribution is 2.32. The number of benzene rings is 3. The van der Waals surface area contributed by atoms with Crippen molar-refractivity contribution in [1.29, 1.82) is 0 Å². The topological polar surface area (TPSA) is 88.4 Å². The summed E-state index contributed by atoms with van der Waals surface area (Å²) in [4.78, 5) is 37.7. The molecule has 0 aliphatic heterocycles. The largest absolute Gasteiger partial charge is 0.480 e. The molecule has 6 nitrogen and oxygen atoms in total. The first-order valence-corrected chi connectivity index (χ1v) is 12.4. The smallest absolute Gasteiger partial charge is 0.329 e. The van der Waals surface area contributed by atoms with E-state index < -0.39 is 11.5 Å². The molecule has 1 aliphatic carbocycles. The number of para-hydroxylation sites is 1. The molecule has 2 N–H and O–H groups in total. The summed E-state index contributed by atoms with van der Waals surface area (Å²) in [7, 11) is 0. The predicted molar refractivity (Wildman–Crippen MR) is 144 cm³/mol. The Balaban J connectivity index is 1.38. The Labute approximate surface area is 215 Å². The number of allylic oxidation sites excluding steroid dienone is 1. The minimum absolute atomic E-state index is 0.0355. The van der Waals surface area contributed by atoms with Crippen LogP contribution in [0.5, 0.6) is 0 Å². The summed E-state index contributed by atoms with van der Waals surface area (Å²) < 4.78 is 2.00. The van der Waals surface area contributed by atoms with Gasteiger partial charge in [0.05, 0.1) is 5.69 Å². The van der Waals surface area contributed by atoms with Crippen molar-refractivity contribution >= 4 is 34.6 Å². The molecule has 1 aliphatic rings. The molecule has 5 rings (SSSR count). The molecule has 3 aromatic carbocycles. The van der Waals surface area contributed by atoms with Gasteiger partial charge in [0.1, 0.15) is 5.54 Å². The summed E-state index contributed by atoms with van der Waals surface area (Å²) in [5.41, 5.74) is 3.39. The zero-order valence-electron chi connectivity index (χ0n) is 20.6. The van der Waals surface area contributed by atoms with Crippen molar-refractivity contribution in [3.8, 4) is 0 Å². The molecule has 1 aromatic heterocycles. The molecule has 0 atom stereocenters. The van der Waals surface area contributed by atoms with Gasteiger partial charge in [-0.25, -0.2) is 4.79 Å². The minimum Gasteiger partial charge on any atom is -0.480 e. The number of carboxylic acid groups (broad SMARTS) is 1. The van der Waals surface area contributed by atoms with E-state index in [1.54, 1.807) is 18.2 Å². The molecule has 0 spiro atoms. The number of fused-ring (bicyclic) bond motifs is 1. The summed E-state index contributed by atoms with van der Waals surface area (Å²) in [6.45, 7) is 2.46. The van der Waals surface area contributed by atoms with Gasteiger partial charge in [0.25, 0.3) is 5.91 Å². The number of amides is 1. The second-order valence-corrected chi connectivity index (χ2v) is 9.62. The summed E-state index contributed by atoms with van der Waals surface area (Å²) in [5, 5.41) is 13.2. The fraction of sp³-hybridized carbons (Fsp3) is 0.194. The van der Waals surface area contributed by atoms with Crippen LogP contribution < -0.4 is 5.32 Å². The summed E-state index contributed by atoms with van der Waals surface area (Å²) >= 11 is 0. The Morgan fingerprint density at radius 3 is 2.41 bits per heavy atom. The third kappa shape index (κ3) is 4.83. The van der Waals surface area contributed by atoms with Crippen LogP contribution in [-0.2, 0) is 11.3 Å². The molecule has 0 saturated heterocycles. The monoisotopic (exact) mass is 492 g/mol. The molecule has 186 valence electrons. The molecule has 37 heavy (non-hydrogen) atoms. The lowest BCUT2D eigenvalue weighted by molar-refractivity contribution is -0.148. The van der Waals surface area contributed by atoms with Gasteiger partial charge in [0.2, 0.25) is 5.78 Å². The van der Waals surface area contributed by atoms with E-state index in [2.05, 4.69) is 5.32 Å². The second-order valence-electron chi connectivity index (χ2n) is 9.62. The maximum Gasteiger partial charge on any atom is 0.329 e. The van der Waals surface area contributed by atoms with E-state index in [1.807, 2.05) is 84.3 Å². The first kappa shape index (κ1) is 24.3. The van der Waals surface area contributed by atoms with Crippen molar-refractivity contribution in [3.63, 3.8) is 0 Å². The van der Waals surface area contributed by atoms with Crippen LogP contribution in [0.2, 0.25) is 0 Å². The Hall–Kier alpha value is -4.45. The van der Waals surface area contributed by atoms with Crippen LogP contribution in [-0.4, -0.2) is 32.9 Å². The van der Waals surface area contributed by atoms with Crippen molar-refractivity contribution in [1.82, 2.24) is 9.88 Å². The van der Waals surface area contributed by atoms with Gasteiger partial charge in [-0.3, -0.25) is 9.59 Å². The van der Waals surface area contributed by atoms with Crippen LogP contribution in [0.4, 0.5) is 0 Å². The van der Waals surface area contributed by atoms with Crippen LogP contribution >= 0.6 is 0 Å². The third-order valence-electron chi connectivity index (χ3n) is 7.07. The van der Waals surface area contributed by atoms with Gasteiger partial charge in [0, 0.05) is 28.6 Å². The number of aliphatic carboxylic acids is 1. The summed E-state index contributed by atoms with van der Waals surface area (Å²) in [6.07, 6.45) is 5.55. The maximum absolute atomic E-state index is 13.4. The number of aryl methyl sites for hydroxylation is 1. The van der Waals surface area contributed by atoms with E-state index in [9.17, 15) is 19.5 Å². The number of ketones is 1. The highest BCUT2D eigenvalue weighted by Gasteiger charge is 2.45. The van der Waals surface area contributed by atoms with E-state index in [0.29, 0.717) is 36.2 Å². The van der Waals surface area contributed by atoms with Gasteiger partial charge < -0.3 is 15.0 Å². The van der Waals surface area contributed by atoms with Crippen molar-refractivity contribution in [3.05, 3.63) is 113 Å². The van der Waals surface area contributed by atoms with E-state index in [-0.39, 0.29) is 11.7 Å². The van der Waals surface area contributed by atoms with E-state index in [0.717, 1.165) is 28.5 Å². The average Bonchev–Trinajstić information content (AvgIpc) is 3.24. The Morgan fingerprint density at radius 2 is 1.70 bits per heavy atom. The molecule has 1 fully saturated rings. The van der Waals surface area contributed by atoms with Crippen LogP contribution in [0.1, 0.15) is 56.8 Å². The molecule has 1 heterocycles. The Bertz CT molecular complexity index is 1520. The molecule has 4 aromatic rings. The van der Waals surface area contributed by atoms with Gasteiger partial charge in [-0.05, 0) is 56.0 Å². The highest BCUT2D eigenvalue weighted by atomic mass is 16.4. The van der Waals surface area contributed by atoms with Gasteiger partial charge in [0.15, 0.2) is 0 Å². The molecule has 0 bridgehead atoms. The zero-order chi connectivity index (χ0) is 26.0. The van der Waals surface area contributed by atoms with Gasteiger partial charge >= 0.3 is 5.97 Å². The van der Waals surface area contributed by atoms with Gasteiger partial charge in [-0.2, -0.15) is 0 Å². The number of carboxylic acids is 1. The first-order valence-electron chi connectivity index (χ1n) is 12.4. The first-order chi connectivity index (χ1) is 17.9. The molecular formula is C31H28N2O4. The fourth-order valence-corrected chi connectivity index (χ4v) is 4.74. The Morgan fingerprint density at radius 1 is 0.946 bits per heavy atom. The van der Waals surface area contributed by atoms with Crippen LogP contribution in [0.15, 0.2) is 84.9 Å². The minimum atomic E-state index is -1.15. The van der Waals surface area contributed by atoms with Crippen molar-refractivity contribution in [2.45, 2.75) is 38.3 Å². The number of rotatable bonds is 8. The number of hydrogen-bond donors (Lipinski definition) is 2. The lowest BCUT2D eigenvalue weighted by Gasteiger charge is -2.38. The number of aromatic nitrogens is 1. The van der Waals surface area contributed by atoms with Crippen LogP contribution in [0.25, 0.3) is 17.0 Å². The lowest BCUT2D eigenvalue weighted by atomic mass is 9.76. The standard InChI is InChI=1S/C31H28N2O4/c1-21-12-14-23(15-13-21)28(34)27-20-24-9-2-3-11-26(24)33(27)18-5-8-22-7-4-10-25(19-22)29(35)32-31(30(36)37)16-6-17-31/h2-5,7-15,19-20H,6,16-18H2,1H3,(H,32,35)(H,36,37)/b8-5+. The lowest BCUT2D eigenvalue weighted by Crippen LogP contribution is -2.59. The number of carbonyl (C=O) groups is 3. The zero-order valence-corrected chi connectivity index (χ0v) is 20.6. The van der Waals surface area contributed by atoms with E-state index in [4.69, 9.17) is 0 Å². The molecule has 6 heteroatoms. The summed E-state index contributed by atoms with van der Waals surface area (Å²) in [5.74, 6) is -1.41. The number of nitrogens with one attached hydrogen (secondary N) is 1. The van der Waals surface area contributed by atoms with Crippen molar-refractivity contribution in [2.24, 2.45) is 0 Å². The fourth-order valence-electron chi connectivity index (χ4n) is 4.74. The van der Waals surface area contributed by atoms with Gasteiger partial charge in [-0.1, -0.05) is 72.3 Å². The quantitative estimate of drug-likeness (QED) is 0.312. The molecule has 1 saturated carbocycles. The second kappa shape index (κ2) is 9.90. The third-order valence-corrected chi connectivity index (χ3v) is 7.07. The van der Waals surface area contributed by atoms with Crippen molar-refractivity contribution < 1.29 is 19.5 Å². The van der Waals surface area contributed by atoms with E-state index >= 15 is 0 Å². The predicted octanol–water partition coefficient (Wildman–Crippen LogP) is 5.63. The van der Waals surface area contributed by atoms with Gasteiger partial charge in [-0.15, -0.1) is 0 Å². The molecular weight excluding hydrogens is 464 g/mol. The SMILES string of the molecule is Cc1ccc(C(=O)c2cc3ccccc3n2C/C=C/c2cccc(C(=O)NC3(C(=O)O)CCC3)c2)cc1. The number of carbonyl (C=O) groups excluding carboxylic acids is 2. The van der Waals surface area contributed by atoms with E-state index in [1.165, 1.54) is 0 Å². The number of nitrogens with zero attached hydrogens (tertiary/aromatic N) is 1. The molecule has 0 unspecified atom stereocenters. The van der Waals surface area contributed by atoms with Crippen molar-refractivity contribution in [2.75, 3.05) is 0 Å². The van der Waals surface area contributed by atoms with Crippen LogP contribution in [0, 0.1) is 6.92 Å². The normalized spacial score (nSPS) is 14.4. The molecule has 0 radical (unpaired) electrons. The Kier molecular flexibility index (Phi) is 6.49. The summed E-state index contributed by atoms with van der Waals surface area (Å²) in [6, 6.07) is 24.5.